The normalized spacial score (nSPS) is 10.7. The Kier molecular flexibility index (Phi) is 6.91. The van der Waals surface area contributed by atoms with E-state index in [1.54, 1.807) is 36.7 Å². The number of furan rings is 1. The SMILES string of the molecule is COC(=O)c1cc(CN(C)C(=O)CCSc2ccc(C)c(C)c2)oc1C. The van der Waals surface area contributed by atoms with Crippen LogP contribution >= 0.6 is 11.8 Å². The van der Waals surface area contributed by atoms with E-state index in [1.807, 2.05) is 0 Å². The van der Waals surface area contributed by atoms with Gasteiger partial charge in [-0.15, -0.1) is 11.8 Å². The largest absolute Gasteiger partial charge is 0.465 e. The molecule has 0 fully saturated rings. The predicted molar refractivity (Wildman–Crippen MR) is 103 cm³/mol. The van der Waals surface area contributed by atoms with Gasteiger partial charge >= 0.3 is 5.97 Å². The minimum Gasteiger partial charge on any atom is -0.465 e. The first-order chi connectivity index (χ1) is 12.3. The maximum atomic E-state index is 12.3. The highest BCUT2D eigenvalue weighted by Gasteiger charge is 2.17. The van der Waals surface area contributed by atoms with E-state index in [4.69, 9.17) is 9.15 Å². The zero-order valence-corrected chi connectivity index (χ0v) is 16.7. The average molecular weight is 375 g/mol. The minimum atomic E-state index is -0.434. The van der Waals surface area contributed by atoms with Crippen molar-refractivity contribution < 1.29 is 18.7 Å². The third kappa shape index (κ3) is 5.14. The summed E-state index contributed by atoms with van der Waals surface area (Å²) in [5.41, 5.74) is 2.92. The molecule has 0 aliphatic heterocycles. The van der Waals surface area contributed by atoms with E-state index in [9.17, 15) is 9.59 Å². The summed E-state index contributed by atoms with van der Waals surface area (Å²) in [5.74, 6) is 1.39. The number of benzene rings is 1. The van der Waals surface area contributed by atoms with E-state index in [1.165, 1.54) is 23.1 Å². The number of aryl methyl sites for hydroxylation is 3. The van der Waals surface area contributed by atoms with Crippen molar-refractivity contribution in [1.29, 1.82) is 0 Å². The van der Waals surface area contributed by atoms with Crippen molar-refractivity contribution in [2.24, 2.45) is 0 Å². The second-order valence-corrected chi connectivity index (χ2v) is 7.44. The van der Waals surface area contributed by atoms with Gasteiger partial charge in [-0.2, -0.15) is 0 Å². The van der Waals surface area contributed by atoms with Crippen LogP contribution < -0.4 is 0 Å². The van der Waals surface area contributed by atoms with Crippen LogP contribution in [0.15, 0.2) is 33.6 Å². The summed E-state index contributed by atoms with van der Waals surface area (Å²) in [7, 11) is 3.07. The summed E-state index contributed by atoms with van der Waals surface area (Å²) in [6.07, 6.45) is 0.442. The molecule has 0 aliphatic carbocycles. The Morgan fingerprint density at radius 1 is 1.15 bits per heavy atom. The van der Waals surface area contributed by atoms with Crippen LogP contribution in [0.2, 0.25) is 0 Å². The number of esters is 1. The van der Waals surface area contributed by atoms with E-state index in [0.717, 1.165) is 5.75 Å². The molecule has 6 heteroatoms. The molecule has 1 heterocycles. The fourth-order valence-electron chi connectivity index (χ4n) is 2.51. The molecule has 0 radical (unpaired) electrons. The second-order valence-electron chi connectivity index (χ2n) is 6.27. The molecule has 0 saturated carbocycles. The van der Waals surface area contributed by atoms with Crippen molar-refractivity contribution in [3.05, 3.63) is 52.5 Å². The number of hydrogen-bond acceptors (Lipinski definition) is 5. The third-order valence-corrected chi connectivity index (χ3v) is 5.25. The lowest BCUT2D eigenvalue weighted by molar-refractivity contribution is -0.130. The van der Waals surface area contributed by atoms with Gasteiger partial charge in [-0.3, -0.25) is 4.79 Å². The van der Waals surface area contributed by atoms with Crippen LogP contribution in [0.5, 0.6) is 0 Å². The molecule has 0 spiro atoms. The quantitative estimate of drug-likeness (QED) is 0.538. The van der Waals surface area contributed by atoms with Crippen molar-refractivity contribution in [3.8, 4) is 0 Å². The van der Waals surface area contributed by atoms with E-state index in [-0.39, 0.29) is 5.91 Å². The molecule has 1 aromatic heterocycles. The standard InChI is InChI=1S/C20H25NO4S/c1-13-6-7-17(10-14(13)2)26-9-8-19(22)21(4)12-16-11-18(15(3)25-16)20(23)24-5/h6-7,10-11H,8-9,12H2,1-5H3. The molecule has 26 heavy (non-hydrogen) atoms. The van der Waals surface area contributed by atoms with Gasteiger partial charge in [0.05, 0.1) is 13.7 Å². The highest BCUT2D eigenvalue weighted by atomic mass is 32.2. The molecule has 0 atom stereocenters. The van der Waals surface area contributed by atoms with E-state index in [2.05, 4.69) is 32.0 Å². The lowest BCUT2D eigenvalue weighted by atomic mass is 10.1. The fourth-order valence-corrected chi connectivity index (χ4v) is 3.44. The first-order valence-electron chi connectivity index (χ1n) is 8.43. The van der Waals surface area contributed by atoms with Gasteiger partial charge in [-0.25, -0.2) is 4.79 Å². The molecule has 140 valence electrons. The fraction of sp³-hybridized carbons (Fsp3) is 0.400. The number of carbonyl (C=O) groups is 2. The zero-order valence-electron chi connectivity index (χ0n) is 15.9. The lowest BCUT2D eigenvalue weighted by Crippen LogP contribution is -2.26. The Bertz CT molecular complexity index is 797. The maximum absolute atomic E-state index is 12.3. The molecule has 0 aliphatic rings. The number of methoxy groups -OCH3 is 1. The first-order valence-corrected chi connectivity index (χ1v) is 9.42. The molecular weight excluding hydrogens is 350 g/mol. The second kappa shape index (κ2) is 8.94. The highest BCUT2D eigenvalue weighted by Crippen LogP contribution is 2.22. The summed E-state index contributed by atoms with van der Waals surface area (Å²) >= 11 is 1.68. The van der Waals surface area contributed by atoms with Crippen molar-refractivity contribution in [3.63, 3.8) is 0 Å². The molecule has 2 aromatic rings. The molecule has 0 saturated heterocycles. The topological polar surface area (TPSA) is 59.8 Å². The summed E-state index contributed by atoms with van der Waals surface area (Å²) in [6.45, 7) is 6.21. The molecule has 0 bridgehead atoms. The van der Waals surface area contributed by atoms with Crippen LogP contribution in [0, 0.1) is 20.8 Å². The highest BCUT2D eigenvalue weighted by molar-refractivity contribution is 7.99. The van der Waals surface area contributed by atoms with Gasteiger partial charge < -0.3 is 14.1 Å². The first kappa shape index (κ1) is 20.1. The summed E-state index contributed by atoms with van der Waals surface area (Å²) in [5, 5.41) is 0. The number of ether oxygens (including phenoxy) is 1. The average Bonchev–Trinajstić information content (AvgIpc) is 2.97. The van der Waals surface area contributed by atoms with Gasteiger partial charge in [-0.1, -0.05) is 6.07 Å². The Morgan fingerprint density at radius 3 is 2.54 bits per heavy atom. The van der Waals surface area contributed by atoms with Crippen molar-refractivity contribution >= 4 is 23.6 Å². The monoisotopic (exact) mass is 375 g/mol. The number of amides is 1. The Morgan fingerprint density at radius 2 is 1.88 bits per heavy atom. The smallest absolute Gasteiger partial charge is 0.341 e. The molecule has 0 unspecified atom stereocenters. The lowest BCUT2D eigenvalue weighted by Gasteiger charge is -2.15. The predicted octanol–water partition coefficient (Wildman–Crippen LogP) is 4.13. The van der Waals surface area contributed by atoms with E-state index < -0.39 is 5.97 Å². The Balaban J connectivity index is 1.85. The minimum absolute atomic E-state index is 0.0370. The summed E-state index contributed by atoms with van der Waals surface area (Å²) in [6, 6.07) is 7.97. The molecular formula is C20H25NO4S. The maximum Gasteiger partial charge on any atom is 0.341 e. The number of rotatable bonds is 7. The van der Waals surface area contributed by atoms with Crippen molar-refractivity contribution in [2.45, 2.75) is 38.6 Å². The van der Waals surface area contributed by atoms with Crippen LogP contribution in [0.4, 0.5) is 0 Å². The third-order valence-electron chi connectivity index (χ3n) is 4.26. The van der Waals surface area contributed by atoms with Gasteiger partial charge in [0.15, 0.2) is 0 Å². The van der Waals surface area contributed by atoms with Crippen molar-refractivity contribution in [2.75, 3.05) is 19.9 Å². The van der Waals surface area contributed by atoms with Crippen LogP contribution in [0.25, 0.3) is 0 Å². The van der Waals surface area contributed by atoms with Gasteiger partial charge in [0.25, 0.3) is 0 Å². The van der Waals surface area contributed by atoms with Crippen LogP contribution in [-0.4, -0.2) is 36.7 Å². The number of carbonyl (C=O) groups excluding carboxylic acids is 2. The molecule has 1 amide bonds. The molecule has 2 rings (SSSR count). The van der Waals surface area contributed by atoms with Crippen LogP contribution in [0.3, 0.4) is 0 Å². The molecule has 1 aromatic carbocycles. The number of hydrogen-bond donors (Lipinski definition) is 0. The zero-order chi connectivity index (χ0) is 19.3. The van der Waals surface area contributed by atoms with Gasteiger partial charge in [0.2, 0.25) is 5.91 Å². The van der Waals surface area contributed by atoms with Crippen LogP contribution in [0.1, 0.15) is 39.4 Å². The number of nitrogens with zero attached hydrogens (tertiary/aromatic N) is 1. The summed E-state index contributed by atoms with van der Waals surface area (Å²) in [4.78, 5) is 26.7. The van der Waals surface area contributed by atoms with Crippen LogP contribution in [-0.2, 0) is 16.1 Å². The van der Waals surface area contributed by atoms with E-state index >= 15 is 0 Å². The number of thioether (sulfide) groups is 1. The van der Waals surface area contributed by atoms with Gasteiger partial charge in [0, 0.05) is 24.1 Å². The molecule has 5 nitrogen and oxygen atoms in total. The van der Waals surface area contributed by atoms with Gasteiger partial charge in [-0.05, 0) is 50.1 Å². The Labute approximate surface area is 158 Å². The molecule has 0 N–H and O–H groups in total. The van der Waals surface area contributed by atoms with E-state index in [0.29, 0.717) is 30.0 Å². The van der Waals surface area contributed by atoms with Crippen molar-refractivity contribution in [1.82, 2.24) is 4.90 Å². The summed E-state index contributed by atoms with van der Waals surface area (Å²) < 4.78 is 10.3. The van der Waals surface area contributed by atoms with Gasteiger partial charge in [0.1, 0.15) is 17.1 Å². The Hall–Kier alpha value is -2.21.